The Morgan fingerprint density at radius 1 is 1.27 bits per heavy atom. The molecule has 146 valence electrons. The molecule has 1 heterocycles. The summed E-state index contributed by atoms with van der Waals surface area (Å²) in [6.07, 6.45) is -0.649. The number of aliphatic hydroxyl groups is 2. The van der Waals surface area contributed by atoms with Crippen LogP contribution in [0.4, 0.5) is 4.79 Å². The summed E-state index contributed by atoms with van der Waals surface area (Å²) in [5.74, 6) is 0. The van der Waals surface area contributed by atoms with Gasteiger partial charge in [-0.1, -0.05) is 51.1 Å². The Labute approximate surface area is 155 Å². The molecule has 0 saturated carbocycles. The van der Waals surface area contributed by atoms with E-state index >= 15 is 0 Å². The second-order valence-corrected chi connectivity index (χ2v) is 8.25. The first-order valence-corrected chi connectivity index (χ1v) is 9.12. The standard InChI is InChI=1S/C20H31NO5/c1-19(2,3)16-17(26-13-15-7-5-4-6-8-15)20(14-23,10-12-22)9-11-21(16)18(24)25/h4-8,16-17,22-23H,9-14H2,1-3H3,(H,24,25)/t16-,17+,20?/m1/s1. The second kappa shape index (κ2) is 8.37. The van der Waals surface area contributed by atoms with Gasteiger partial charge in [0.2, 0.25) is 0 Å². The van der Waals surface area contributed by atoms with Gasteiger partial charge in [-0.05, 0) is 23.8 Å². The van der Waals surface area contributed by atoms with Crippen molar-refractivity contribution in [1.29, 1.82) is 0 Å². The number of nitrogens with zero attached hydrogens (tertiary/aromatic N) is 1. The van der Waals surface area contributed by atoms with Gasteiger partial charge in [-0.15, -0.1) is 0 Å². The van der Waals surface area contributed by atoms with Crippen molar-refractivity contribution < 1.29 is 24.9 Å². The van der Waals surface area contributed by atoms with Gasteiger partial charge in [0.15, 0.2) is 0 Å². The van der Waals surface area contributed by atoms with Gasteiger partial charge >= 0.3 is 6.09 Å². The van der Waals surface area contributed by atoms with Crippen molar-refractivity contribution in [2.75, 3.05) is 19.8 Å². The number of rotatable bonds is 6. The van der Waals surface area contributed by atoms with Crippen LogP contribution in [0.1, 0.15) is 39.2 Å². The zero-order valence-electron chi connectivity index (χ0n) is 15.9. The number of likely N-dealkylation sites (tertiary alicyclic amines) is 1. The Bertz CT molecular complexity index is 586. The molecule has 1 aliphatic heterocycles. The maximum Gasteiger partial charge on any atom is 0.407 e. The quantitative estimate of drug-likeness (QED) is 0.721. The van der Waals surface area contributed by atoms with Crippen molar-refractivity contribution in [2.45, 2.75) is 52.4 Å². The van der Waals surface area contributed by atoms with Crippen molar-refractivity contribution in [3.05, 3.63) is 35.9 Å². The molecule has 0 spiro atoms. The van der Waals surface area contributed by atoms with E-state index in [0.717, 1.165) is 5.56 Å². The molecule has 2 rings (SSSR count). The van der Waals surface area contributed by atoms with Crippen LogP contribution in [0, 0.1) is 10.8 Å². The van der Waals surface area contributed by atoms with E-state index in [1.54, 1.807) is 0 Å². The van der Waals surface area contributed by atoms with Crippen LogP contribution >= 0.6 is 0 Å². The lowest BCUT2D eigenvalue weighted by atomic mass is 9.65. The van der Waals surface area contributed by atoms with Crippen LogP contribution in [0.25, 0.3) is 0 Å². The molecule has 3 N–H and O–H groups in total. The minimum absolute atomic E-state index is 0.0737. The van der Waals surface area contributed by atoms with Gasteiger partial charge in [0, 0.05) is 18.6 Å². The third kappa shape index (κ3) is 4.37. The van der Waals surface area contributed by atoms with Crippen LogP contribution in [-0.2, 0) is 11.3 Å². The molecule has 1 unspecified atom stereocenters. The van der Waals surface area contributed by atoms with Crippen molar-refractivity contribution in [3.63, 3.8) is 0 Å². The molecule has 1 aromatic rings. The van der Waals surface area contributed by atoms with E-state index in [-0.39, 0.29) is 18.6 Å². The molecule has 26 heavy (non-hydrogen) atoms. The molecule has 1 amide bonds. The first-order chi connectivity index (χ1) is 12.2. The molecule has 0 aliphatic carbocycles. The number of amides is 1. The van der Waals surface area contributed by atoms with Crippen molar-refractivity contribution in [1.82, 2.24) is 4.90 Å². The van der Waals surface area contributed by atoms with E-state index in [4.69, 9.17) is 4.74 Å². The summed E-state index contributed by atoms with van der Waals surface area (Å²) >= 11 is 0. The molecule has 0 aromatic heterocycles. The molecule has 6 heteroatoms. The Morgan fingerprint density at radius 2 is 1.92 bits per heavy atom. The van der Waals surface area contributed by atoms with Crippen LogP contribution in [0.3, 0.4) is 0 Å². The summed E-state index contributed by atoms with van der Waals surface area (Å²) in [4.78, 5) is 13.3. The molecule has 1 aromatic carbocycles. The Balaban J connectivity index is 2.39. The molecule has 1 saturated heterocycles. The number of aliphatic hydroxyl groups excluding tert-OH is 2. The lowest BCUT2D eigenvalue weighted by Crippen LogP contribution is -2.65. The third-order valence-electron chi connectivity index (χ3n) is 5.41. The van der Waals surface area contributed by atoms with E-state index in [9.17, 15) is 20.1 Å². The Kier molecular flexibility index (Phi) is 6.66. The molecule has 0 bridgehead atoms. The van der Waals surface area contributed by atoms with Crippen LogP contribution < -0.4 is 0 Å². The first kappa shape index (κ1) is 20.7. The van der Waals surface area contributed by atoms with Gasteiger partial charge in [0.25, 0.3) is 0 Å². The molecule has 6 nitrogen and oxygen atoms in total. The van der Waals surface area contributed by atoms with Crippen molar-refractivity contribution in [2.24, 2.45) is 10.8 Å². The molecular weight excluding hydrogens is 334 g/mol. The topological polar surface area (TPSA) is 90.2 Å². The molecular formula is C20H31NO5. The van der Waals surface area contributed by atoms with Gasteiger partial charge in [-0.3, -0.25) is 0 Å². The fourth-order valence-electron chi connectivity index (χ4n) is 4.03. The monoisotopic (exact) mass is 365 g/mol. The minimum Gasteiger partial charge on any atom is -0.465 e. The molecule has 0 radical (unpaired) electrons. The molecule has 1 fully saturated rings. The van der Waals surface area contributed by atoms with E-state index in [1.165, 1.54) is 4.90 Å². The SMILES string of the molecule is CC(C)(C)[C@H]1[C@H](OCc2ccccc2)C(CO)(CCO)CCN1C(=O)O. The number of hydrogen-bond acceptors (Lipinski definition) is 4. The predicted molar refractivity (Wildman–Crippen MR) is 98.8 cm³/mol. The van der Waals surface area contributed by atoms with Crippen LogP contribution in [0.2, 0.25) is 0 Å². The van der Waals surface area contributed by atoms with Crippen LogP contribution in [-0.4, -0.2) is 58.2 Å². The molecule has 3 atom stereocenters. The maximum atomic E-state index is 11.8. The summed E-state index contributed by atoms with van der Waals surface area (Å²) in [6.45, 7) is 6.39. The lowest BCUT2D eigenvalue weighted by molar-refractivity contribution is -0.166. The van der Waals surface area contributed by atoms with Crippen molar-refractivity contribution >= 4 is 6.09 Å². The third-order valence-corrected chi connectivity index (χ3v) is 5.41. The van der Waals surface area contributed by atoms with Gasteiger partial charge in [-0.25, -0.2) is 4.79 Å². The maximum absolute atomic E-state index is 11.8. The summed E-state index contributed by atoms with van der Waals surface area (Å²) in [5, 5.41) is 29.5. The largest absolute Gasteiger partial charge is 0.465 e. The highest BCUT2D eigenvalue weighted by Gasteiger charge is 2.53. The number of ether oxygens (including phenoxy) is 1. The number of piperidine rings is 1. The fourth-order valence-corrected chi connectivity index (χ4v) is 4.03. The summed E-state index contributed by atoms with van der Waals surface area (Å²) < 4.78 is 6.27. The zero-order chi connectivity index (χ0) is 19.4. The van der Waals surface area contributed by atoms with Crippen LogP contribution in [0.5, 0.6) is 0 Å². The van der Waals surface area contributed by atoms with E-state index in [0.29, 0.717) is 26.0 Å². The number of carbonyl (C=O) groups is 1. The summed E-state index contributed by atoms with van der Waals surface area (Å²) in [6, 6.07) is 9.27. The Hall–Kier alpha value is -1.63. The molecule has 1 aliphatic rings. The smallest absolute Gasteiger partial charge is 0.407 e. The Morgan fingerprint density at radius 3 is 2.42 bits per heavy atom. The number of benzene rings is 1. The minimum atomic E-state index is -0.978. The normalized spacial score (nSPS) is 26.7. The number of hydrogen-bond donors (Lipinski definition) is 3. The summed E-state index contributed by atoms with van der Waals surface area (Å²) in [5.41, 5.74) is -0.0489. The highest BCUT2D eigenvalue weighted by Crippen LogP contribution is 2.45. The van der Waals surface area contributed by atoms with Gasteiger partial charge in [0.05, 0.1) is 25.4 Å². The highest BCUT2D eigenvalue weighted by atomic mass is 16.5. The van der Waals surface area contributed by atoms with E-state index in [2.05, 4.69) is 0 Å². The fraction of sp³-hybridized carbons (Fsp3) is 0.650. The average molecular weight is 365 g/mol. The zero-order valence-corrected chi connectivity index (χ0v) is 15.9. The van der Waals surface area contributed by atoms with Gasteiger partial charge in [0.1, 0.15) is 0 Å². The highest BCUT2D eigenvalue weighted by molar-refractivity contribution is 5.66. The van der Waals surface area contributed by atoms with Crippen molar-refractivity contribution in [3.8, 4) is 0 Å². The number of carboxylic acid groups (broad SMARTS) is 1. The predicted octanol–water partition coefficient (Wildman–Crippen LogP) is 2.73. The summed E-state index contributed by atoms with van der Waals surface area (Å²) in [7, 11) is 0. The first-order valence-electron chi connectivity index (χ1n) is 9.12. The van der Waals surface area contributed by atoms with E-state index < -0.39 is 23.7 Å². The van der Waals surface area contributed by atoms with E-state index in [1.807, 2.05) is 51.1 Å². The lowest BCUT2D eigenvalue weighted by Gasteiger charge is -2.54. The van der Waals surface area contributed by atoms with Gasteiger partial charge in [-0.2, -0.15) is 0 Å². The van der Waals surface area contributed by atoms with Crippen LogP contribution in [0.15, 0.2) is 30.3 Å². The second-order valence-electron chi connectivity index (χ2n) is 8.25. The average Bonchev–Trinajstić information content (AvgIpc) is 2.60. The van der Waals surface area contributed by atoms with Gasteiger partial charge < -0.3 is 25.0 Å².